The Morgan fingerprint density at radius 1 is 0.848 bits per heavy atom. The molecule has 4 nitrogen and oxygen atoms in total. The molecule has 1 aliphatic heterocycles. The molecule has 0 aliphatic carbocycles. The zero-order chi connectivity index (χ0) is 24.4. The van der Waals surface area contributed by atoms with Gasteiger partial charge in [-0.2, -0.15) is 26.3 Å². The van der Waals surface area contributed by atoms with Crippen molar-refractivity contribution in [2.75, 3.05) is 13.1 Å². The van der Waals surface area contributed by atoms with Crippen molar-refractivity contribution in [3.8, 4) is 0 Å². The van der Waals surface area contributed by atoms with Gasteiger partial charge in [0.1, 0.15) is 0 Å². The van der Waals surface area contributed by atoms with E-state index in [2.05, 4.69) is 5.32 Å². The first-order chi connectivity index (χ1) is 15.4. The molecule has 1 aliphatic rings. The Labute approximate surface area is 186 Å². The van der Waals surface area contributed by atoms with E-state index >= 15 is 0 Å². The van der Waals surface area contributed by atoms with Crippen LogP contribution >= 0.6 is 0 Å². The Kier molecular flexibility index (Phi) is 7.04. The summed E-state index contributed by atoms with van der Waals surface area (Å²) in [6.45, 7) is 2.21. The van der Waals surface area contributed by atoms with E-state index in [0.717, 1.165) is 36.4 Å². The van der Waals surface area contributed by atoms with Crippen LogP contribution in [0.15, 0.2) is 48.5 Å². The summed E-state index contributed by atoms with van der Waals surface area (Å²) in [6.07, 6.45) is -8.17. The number of carbonyl (C=O) groups excluding carboxylic acids is 2. The minimum absolute atomic E-state index is 0.141. The van der Waals surface area contributed by atoms with Crippen molar-refractivity contribution in [1.29, 1.82) is 0 Å². The van der Waals surface area contributed by atoms with Crippen LogP contribution in [-0.2, 0) is 17.1 Å². The van der Waals surface area contributed by atoms with Crippen LogP contribution in [0.2, 0.25) is 0 Å². The van der Waals surface area contributed by atoms with Crippen molar-refractivity contribution in [3.05, 3.63) is 70.8 Å². The summed E-state index contributed by atoms with van der Waals surface area (Å²) < 4.78 is 76.1. The van der Waals surface area contributed by atoms with Gasteiger partial charge in [-0.25, -0.2) is 0 Å². The number of halogens is 6. The Bertz CT molecular complexity index is 976. The van der Waals surface area contributed by atoms with E-state index in [9.17, 15) is 35.9 Å². The van der Waals surface area contributed by atoms with Crippen molar-refractivity contribution in [2.24, 2.45) is 5.92 Å². The number of amides is 2. The monoisotopic (exact) mass is 472 g/mol. The molecule has 1 saturated heterocycles. The first-order valence-corrected chi connectivity index (χ1v) is 10.3. The first-order valence-electron chi connectivity index (χ1n) is 10.3. The molecule has 1 heterocycles. The number of benzene rings is 2. The summed E-state index contributed by atoms with van der Waals surface area (Å²) in [5.41, 5.74) is -0.931. The van der Waals surface area contributed by atoms with Crippen molar-refractivity contribution < 1.29 is 35.9 Å². The normalized spacial score (nSPS) is 16.4. The van der Waals surface area contributed by atoms with E-state index < -0.39 is 35.4 Å². The van der Waals surface area contributed by atoms with E-state index in [1.54, 1.807) is 6.92 Å². The lowest BCUT2D eigenvalue weighted by Crippen LogP contribution is -2.43. The third kappa shape index (κ3) is 6.06. The van der Waals surface area contributed by atoms with Crippen molar-refractivity contribution in [2.45, 2.75) is 38.2 Å². The average Bonchev–Trinajstić information content (AvgIpc) is 2.77. The van der Waals surface area contributed by atoms with Crippen LogP contribution < -0.4 is 5.32 Å². The Balaban J connectivity index is 1.52. The maximum Gasteiger partial charge on any atom is 0.416 e. The highest BCUT2D eigenvalue weighted by Gasteiger charge is 2.32. The molecule has 1 N–H and O–H groups in total. The molecule has 33 heavy (non-hydrogen) atoms. The number of likely N-dealkylation sites (tertiary alicyclic amines) is 1. The molecule has 3 rings (SSSR count). The zero-order valence-electron chi connectivity index (χ0n) is 17.6. The average molecular weight is 472 g/mol. The number of hydrogen-bond donors (Lipinski definition) is 1. The van der Waals surface area contributed by atoms with Crippen LogP contribution in [0.4, 0.5) is 26.3 Å². The second-order valence-electron chi connectivity index (χ2n) is 7.99. The van der Waals surface area contributed by atoms with Crippen LogP contribution in [0.5, 0.6) is 0 Å². The molecule has 10 heteroatoms. The molecule has 178 valence electrons. The first kappa shape index (κ1) is 24.6. The van der Waals surface area contributed by atoms with Crippen molar-refractivity contribution >= 4 is 11.8 Å². The number of nitrogens with one attached hydrogen (secondary N) is 1. The minimum atomic E-state index is -4.48. The number of rotatable bonds is 4. The quantitative estimate of drug-likeness (QED) is 0.602. The van der Waals surface area contributed by atoms with E-state index in [0.29, 0.717) is 18.4 Å². The van der Waals surface area contributed by atoms with E-state index in [4.69, 9.17) is 0 Å². The molecule has 2 aromatic rings. The highest BCUT2D eigenvalue weighted by Crippen LogP contribution is 2.31. The highest BCUT2D eigenvalue weighted by atomic mass is 19.4. The summed E-state index contributed by atoms with van der Waals surface area (Å²) >= 11 is 0. The van der Waals surface area contributed by atoms with Gasteiger partial charge in [-0.1, -0.05) is 12.1 Å². The summed E-state index contributed by atoms with van der Waals surface area (Å²) in [4.78, 5) is 26.6. The molecular formula is C23H22F6N2O2. The molecule has 0 radical (unpaired) electrons. The molecule has 0 spiro atoms. The van der Waals surface area contributed by atoms with E-state index in [1.807, 2.05) is 0 Å². The minimum Gasteiger partial charge on any atom is -0.349 e. The second kappa shape index (κ2) is 9.44. The van der Waals surface area contributed by atoms with E-state index in [-0.39, 0.29) is 30.5 Å². The lowest BCUT2D eigenvalue weighted by atomic mass is 9.94. The topological polar surface area (TPSA) is 49.4 Å². The maximum atomic E-state index is 12.7. The van der Waals surface area contributed by atoms with Gasteiger partial charge in [0.15, 0.2) is 0 Å². The molecule has 0 bridgehead atoms. The lowest BCUT2D eigenvalue weighted by Gasteiger charge is -2.32. The summed E-state index contributed by atoms with van der Waals surface area (Å²) in [5, 5.41) is 2.79. The molecule has 1 unspecified atom stereocenters. The fourth-order valence-electron chi connectivity index (χ4n) is 3.70. The van der Waals surface area contributed by atoms with E-state index in [1.165, 1.54) is 17.0 Å². The molecule has 0 aromatic heterocycles. The number of alkyl halides is 6. The van der Waals surface area contributed by atoms with Gasteiger partial charge in [0, 0.05) is 24.6 Å². The van der Waals surface area contributed by atoms with Gasteiger partial charge in [0.25, 0.3) is 5.91 Å². The molecular weight excluding hydrogens is 450 g/mol. The van der Waals surface area contributed by atoms with Gasteiger partial charge in [-0.05, 0) is 61.7 Å². The maximum absolute atomic E-state index is 12.7. The molecule has 0 saturated carbocycles. The standard InChI is InChI=1S/C23H22F6N2O2/c1-14(15-2-6-18(7-3-15)22(24,25)26)30-20(32)16-10-12-31(13-11-16)21(33)17-4-8-19(9-5-17)23(27,28)29/h2-9,14,16H,10-13H2,1H3,(H,30,32). The highest BCUT2D eigenvalue weighted by molar-refractivity contribution is 5.94. The predicted molar refractivity (Wildman–Crippen MR) is 108 cm³/mol. The Morgan fingerprint density at radius 2 is 1.30 bits per heavy atom. The lowest BCUT2D eigenvalue weighted by molar-refractivity contribution is -0.138. The fraction of sp³-hybridized carbons (Fsp3) is 0.391. The third-order valence-corrected chi connectivity index (χ3v) is 5.71. The van der Waals surface area contributed by atoms with Crippen LogP contribution in [0.3, 0.4) is 0 Å². The largest absolute Gasteiger partial charge is 0.416 e. The second-order valence-corrected chi connectivity index (χ2v) is 7.99. The van der Waals surface area contributed by atoms with Crippen molar-refractivity contribution in [3.63, 3.8) is 0 Å². The number of carbonyl (C=O) groups is 2. The number of piperidine rings is 1. The Morgan fingerprint density at radius 3 is 1.76 bits per heavy atom. The molecule has 2 amide bonds. The van der Waals surface area contributed by atoms with Crippen LogP contribution in [0.1, 0.15) is 52.9 Å². The van der Waals surface area contributed by atoms with Gasteiger partial charge in [0.05, 0.1) is 17.2 Å². The third-order valence-electron chi connectivity index (χ3n) is 5.71. The summed E-state index contributed by atoms with van der Waals surface area (Å²) in [5.74, 6) is -1.04. The Hall–Kier alpha value is -3.04. The smallest absolute Gasteiger partial charge is 0.349 e. The van der Waals surface area contributed by atoms with Gasteiger partial charge in [-0.3, -0.25) is 9.59 Å². The van der Waals surface area contributed by atoms with Crippen LogP contribution in [0.25, 0.3) is 0 Å². The number of hydrogen-bond acceptors (Lipinski definition) is 2. The van der Waals surface area contributed by atoms with Crippen LogP contribution in [-0.4, -0.2) is 29.8 Å². The molecule has 1 fully saturated rings. The molecule has 2 aromatic carbocycles. The zero-order valence-corrected chi connectivity index (χ0v) is 17.6. The predicted octanol–water partition coefficient (Wildman–Crippen LogP) is 5.45. The molecule has 1 atom stereocenters. The summed E-state index contributed by atoms with van der Waals surface area (Å²) in [6, 6.07) is 8.05. The van der Waals surface area contributed by atoms with Gasteiger partial charge < -0.3 is 10.2 Å². The summed E-state index contributed by atoms with van der Waals surface area (Å²) in [7, 11) is 0. The van der Waals surface area contributed by atoms with Gasteiger partial charge in [0.2, 0.25) is 5.91 Å². The van der Waals surface area contributed by atoms with Gasteiger partial charge in [-0.15, -0.1) is 0 Å². The van der Waals surface area contributed by atoms with Crippen molar-refractivity contribution in [1.82, 2.24) is 10.2 Å². The van der Waals surface area contributed by atoms with Gasteiger partial charge >= 0.3 is 12.4 Å². The number of nitrogens with zero attached hydrogens (tertiary/aromatic N) is 1. The fourth-order valence-corrected chi connectivity index (χ4v) is 3.70. The SMILES string of the molecule is CC(NC(=O)C1CCN(C(=O)c2ccc(C(F)(F)F)cc2)CC1)c1ccc(C(F)(F)F)cc1. The van der Waals surface area contributed by atoms with Crippen LogP contribution in [0, 0.1) is 5.92 Å².